The largest absolute Gasteiger partial charge is 0.465 e. The number of thiophene rings is 1. The molecule has 2 heterocycles. The van der Waals surface area contributed by atoms with Gasteiger partial charge >= 0.3 is 5.97 Å². The molecule has 1 atom stereocenters. The Hall–Kier alpha value is -2.53. The monoisotopic (exact) mass is 548 g/mol. The number of anilines is 1. The zero-order valence-electron chi connectivity index (χ0n) is 21.1. The second-order valence-corrected chi connectivity index (χ2v) is 11.4. The summed E-state index contributed by atoms with van der Waals surface area (Å²) in [6.45, 7) is 9.00. The first-order chi connectivity index (χ1) is 17.0. The number of carbonyl (C=O) groups excluding carboxylic acids is 3. The van der Waals surface area contributed by atoms with Gasteiger partial charge in [0.2, 0.25) is 5.91 Å². The molecule has 1 aromatic heterocycles. The molecule has 0 N–H and O–H groups in total. The molecule has 0 radical (unpaired) electrons. The quantitative estimate of drug-likeness (QED) is 0.325. The number of methoxy groups -OCH3 is 1. The lowest BCUT2D eigenvalue weighted by Crippen LogP contribution is -2.50. The lowest BCUT2D eigenvalue weighted by Gasteiger charge is -2.33. The van der Waals surface area contributed by atoms with Gasteiger partial charge in [0.1, 0.15) is 10.9 Å². The Labute approximate surface area is 226 Å². The maximum Gasteiger partial charge on any atom is 0.350 e. The van der Waals surface area contributed by atoms with Gasteiger partial charge in [0.05, 0.1) is 28.3 Å². The first kappa shape index (κ1) is 28.0. The van der Waals surface area contributed by atoms with Gasteiger partial charge in [-0.05, 0) is 71.2 Å². The fraction of sp³-hybridized carbons (Fsp3) is 0.444. The highest BCUT2D eigenvalue weighted by Crippen LogP contribution is 2.36. The third kappa shape index (κ3) is 6.42. The Morgan fingerprint density at radius 3 is 2.56 bits per heavy atom. The van der Waals surface area contributed by atoms with Crippen LogP contribution in [0.1, 0.15) is 71.9 Å². The van der Waals surface area contributed by atoms with E-state index in [9.17, 15) is 14.4 Å². The van der Waals surface area contributed by atoms with Crippen molar-refractivity contribution in [3.63, 3.8) is 0 Å². The van der Waals surface area contributed by atoms with E-state index in [0.29, 0.717) is 29.4 Å². The molecule has 6 nitrogen and oxygen atoms in total. The summed E-state index contributed by atoms with van der Waals surface area (Å²) in [5.41, 5.74) is 0.212. The van der Waals surface area contributed by atoms with Crippen LogP contribution in [0.4, 0.5) is 5.69 Å². The maximum atomic E-state index is 14.1. The number of carbonyl (C=O) groups is 3. The summed E-state index contributed by atoms with van der Waals surface area (Å²) < 4.78 is 5.04. The number of likely N-dealkylation sites (tertiary alicyclic amines) is 1. The minimum Gasteiger partial charge on any atom is -0.465 e. The zero-order chi connectivity index (χ0) is 26.6. The number of nitrogens with zero attached hydrogens (tertiary/aromatic N) is 2. The van der Waals surface area contributed by atoms with Gasteiger partial charge in [-0.2, -0.15) is 0 Å². The number of benzene rings is 1. The molecule has 0 spiro atoms. The fourth-order valence-electron chi connectivity index (χ4n) is 3.96. The molecule has 192 valence electrons. The molecule has 0 saturated carbocycles. The predicted molar refractivity (Wildman–Crippen MR) is 145 cm³/mol. The molecule has 1 aromatic carbocycles. The van der Waals surface area contributed by atoms with Gasteiger partial charge in [-0.1, -0.05) is 35.0 Å². The van der Waals surface area contributed by atoms with Crippen molar-refractivity contribution in [3.05, 3.63) is 49.6 Å². The molecule has 1 aliphatic rings. The Morgan fingerprint density at radius 1 is 1.22 bits per heavy atom. The van der Waals surface area contributed by atoms with Crippen molar-refractivity contribution in [2.45, 2.75) is 53.0 Å². The van der Waals surface area contributed by atoms with E-state index in [1.807, 2.05) is 27.7 Å². The van der Waals surface area contributed by atoms with Crippen LogP contribution in [0.15, 0.2) is 24.3 Å². The second kappa shape index (κ2) is 11.7. The van der Waals surface area contributed by atoms with Crippen LogP contribution in [0, 0.1) is 17.3 Å². The van der Waals surface area contributed by atoms with Gasteiger partial charge < -0.3 is 9.64 Å². The van der Waals surface area contributed by atoms with Crippen molar-refractivity contribution in [3.8, 4) is 11.8 Å². The number of rotatable bonds is 5. The summed E-state index contributed by atoms with van der Waals surface area (Å²) >= 11 is 13.6. The Morgan fingerprint density at radius 2 is 1.94 bits per heavy atom. The van der Waals surface area contributed by atoms with Crippen molar-refractivity contribution >= 4 is 58.0 Å². The molecule has 1 fully saturated rings. The van der Waals surface area contributed by atoms with Gasteiger partial charge in [-0.15, -0.1) is 11.3 Å². The molecule has 0 bridgehead atoms. The number of likely N-dealkylation sites (N-methyl/N-ethyl adjacent to an activating group) is 1. The number of amides is 2. The van der Waals surface area contributed by atoms with E-state index in [4.69, 9.17) is 27.9 Å². The number of halogens is 2. The van der Waals surface area contributed by atoms with Crippen LogP contribution < -0.4 is 4.90 Å². The lowest BCUT2D eigenvalue weighted by atomic mass is 9.98. The van der Waals surface area contributed by atoms with E-state index >= 15 is 0 Å². The molecule has 9 heteroatoms. The van der Waals surface area contributed by atoms with Crippen molar-refractivity contribution in [2.75, 3.05) is 25.1 Å². The second-order valence-electron chi connectivity index (χ2n) is 9.55. The van der Waals surface area contributed by atoms with Crippen molar-refractivity contribution < 1.29 is 19.1 Å². The average Bonchev–Trinajstić information content (AvgIpc) is 3.15. The third-order valence-corrected chi connectivity index (χ3v) is 7.30. The van der Waals surface area contributed by atoms with Crippen molar-refractivity contribution in [2.24, 2.45) is 5.41 Å². The zero-order valence-corrected chi connectivity index (χ0v) is 23.4. The lowest BCUT2D eigenvalue weighted by molar-refractivity contribution is -0.131. The van der Waals surface area contributed by atoms with E-state index in [0.717, 1.165) is 24.2 Å². The maximum absolute atomic E-state index is 14.1. The highest BCUT2D eigenvalue weighted by molar-refractivity contribution is 7.15. The van der Waals surface area contributed by atoms with E-state index in [1.54, 1.807) is 17.0 Å². The van der Waals surface area contributed by atoms with Crippen LogP contribution in [0.25, 0.3) is 0 Å². The number of hydrogen-bond acceptors (Lipinski definition) is 5. The number of hydrogen-bond donors (Lipinski definition) is 0. The van der Waals surface area contributed by atoms with Crippen molar-refractivity contribution in [1.82, 2.24) is 4.90 Å². The summed E-state index contributed by atoms with van der Waals surface area (Å²) in [6, 6.07) is 5.46. The van der Waals surface area contributed by atoms with Gasteiger partial charge in [0.25, 0.3) is 5.91 Å². The number of ether oxygens (including phenoxy) is 1. The highest BCUT2D eigenvalue weighted by Gasteiger charge is 2.38. The molecule has 2 aromatic rings. The minimum absolute atomic E-state index is 0.161. The number of esters is 1. The van der Waals surface area contributed by atoms with Gasteiger partial charge in [0.15, 0.2) is 0 Å². The van der Waals surface area contributed by atoms with Gasteiger partial charge in [-0.3, -0.25) is 14.5 Å². The molecule has 1 saturated heterocycles. The molecule has 36 heavy (non-hydrogen) atoms. The van der Waals surface area contributed by atoms with Gasteiger partial charge in [-0.25, -0.2) is 4.79 Å². The molecular weight excluding hydrogens is 519 g/mol. The normalized spacial score (nSPS) is 16.1. The Kier molecular flexibility index (Phi) is 9.10. The first-order valence-corrected chi connectivity index (χ1v) is 13.4. The highest BCUT2D eigenvalue weighted by atomic mass is 35.5. The van der Waals surface area contributed by atoms with Crippen LogP contribution in [0.5, 0.6) is 0 Å². The van der Waals surface area contributed by atoms with E-state index in [1.165, 1.54) is 24.1 Å². The summed E-state index contributed by atoms with van der Waals surface area (Å²) in [5, 5.41) is 0.546. The van der Waals surface area contributed by atoms with Crippen LogP contribution in [-0.2, 0) is 9.53 Å². The van der Waals surface area contributed by atoms with Gasteiger partial charge in [0, 0.05) is 23.5 Å². The first-order valence-electron chi connectivity index (χ1n) is 11.8. The molecule has 1 aliphatic heterocycles. The smallest absolute Gasteiger partial charge is 0.350 e. The Balaban J connectivity index is 2.24. The third-order valence-electron chi connectivity index (χ3n) is 5.73. The molecule has 0 aliphatic carbocycles. The van der Waals surface area contributed by atoms with Crippen LogP contribution >= 0.6 is 34.5 Å². The summed E-state index contributed by atoms with van der Waals surface area (Å²) in [4.78, 5) is 44.5. The van der Waals surface area contributed by atoms with E-state index < -0.39 is 17.9 Å². The van der Waals surface area contributed by atoms with Crippen LogP contribution in [0.2, 0.25) is 10.0 Å². The van der Waals surface area contributed by atoms with Crippen LogP contribution in [-0.4, -0.2) is 48.9 Å². The van der Waals surface area contributed by atoms with Crippen molar-refractivity contribution in [1.29, 1.82) is 0 Å². The minimum atomic E-state index is -0.812. The molecule has 3 rings (SSSR count). The summed E-state index contributed by atoms with van der Waals surface area (Å²) in [6.07, 6.45) is 2.03. The SMILES string of the molecule is CCN1CCCCC(N(C(=O)c2ccc(Cl)cc2Cl)c2cc(C#CC(C)(C)C)sc2C(=O)OC)C1=O. The average molecular weight is 550 g/mol. The molecular formula is C27H30Cl2N2O4S. The summed E-state index contributed by atoms with van der Waals surface area (Å²) in [7, 11) is 1.28. The molecule has 1 unspecified atom stereocenters. The molecule has 2 amide bonds. The van der Waals surface area contributed by atoms with E-state index in [-0.39, 0.29) is 32.5 Å². The standard InChI is InChI=1S/C27H30Cl2N2O4S/c1-6-30-14-8-7-9-21(25(30)33)31(24(32)19-11-10-17(28)15-20(19)29)22-16-18(12-13-27(2,3)4)36-23(22)26(34)35-5/h10-11,15-16,21H,6-9,14H2,1-5H3. The topological polar surface area (TPSA) is 66.9 Å². The van der Waals surface area contributed by atoms with Crippen LogP contribution in [0.3, 0.4) is 0 Å². The summed E-state index contributed by atoms with van der Waals surface area (Å²) in [5.74, 6) is 5.00. The Bertz CT molecular complexity index is 1220. The van der Waals surface area contributed by atoms with E-state index in [2.05, 4.69) is 11.8 Å². The predicted octanol–water partition coefficient (Wildman–Crippen LogP) is 6.29. The fourth-order valence-corrected chi connectivity index (χ4v) is 5.37.